The van der Waals surface area contributed by atoms with Crippen molar-refractivity contribution < 1.29 is 4.74 Å². The van der Waals surface area contributed by atoms with Crippen LogP contribution < -0.4 is 10.5 Å². The van der Waals surface area contributed by atoms with Crippen molar-refractivity contribution in [3.05, 3.63) is 51.7 Å². The molecule has 0 amide bonds. The van der Waals surface area contributed by atoms with Gasteiger partial charge in [0.15, 0.2) is 0 Å². The molecule has 1 aromatic heterocycles. The van der Waals surface area contributed by atoms with Crippen molar-refractivity contribution in [2.24, 2.45) is 5.73 Å². The van der Waals surface area contributed by atoms with E-state index in [0.717, 1.165) is 30.8 Å². The van der Waals surface area contributed by atoms with E-state index in [9.17, 15) is 0 Å². The zero-order chi connectivity index (χ0) is 13.7. The number of ether oxygens (including phenoxy) is 1. The molecule has 0 bridgehead atoms. The summed E-state index contributed by atoms with van der Waals surface area (Å²) >= 11 is 1.74. The molecule has 0 saturated heterocycles. The highest BCUT2D eigenvalue weighted by atomic mass is 32.1. The van der Waals surface area contributed by atoms with Gasteiger partial charge in [0.05, 0.1) is 12.6 Å². The third-order valence-electron chi connectivity index (χ3n) is 3.12. The quantitative estimate of drug-likeness (QED) is 0.798. The molecule has 1 aromatic carbocycles. The Bertz CT molecular complexity index is 504. The van der Waals surface area contributed by atoms with E-state index >= 15 is 0 Å². The Morgan fingerprint density at radius 3 is 2.53 bits per heavy atom. The van der Waals surface area contributed by atoms with E-state index in [0.29, 0.717) is 0 Å². The summed E-state index contributed by atoms with van der Waals surface area (Å²) in [6.07, 6.45) is 2.25. The molecule has 1 heterocycles. The van der Waals surface area contributed by atoms with Crippen molar-refractivity contribution in [2.75, 3.05) is 6.61 Å². The van der Waals surface area contributed by atoms with Gasteiger partial charge in [-0.2, -0.15) is 0 Å². The van der Waals surface area contributed by atoms with E-state index in [-0.39, 0.29) is 6.04 Å². The fraction of sp³-hybridized carbons (Fsp3) is 0.375. The Hall–Kier alpha value is -1.32. The van der Waals surface area contributed by atoms with E-state index in [2.05, 4.69) is 37.4 Å². The van der Waals surface area contributed by atoms with Crippen molar-refractivity contribution >= 4 is 11.3 Å². The lowest BCUT2D eigenvalue weighted by molar-refractivity contribution is 0.309. The Morgan fingerprint density at radius 2 is 1.95 bits per heavy atom. The topological polar surface area (TPSA) is 35.2 Å². The average molecular weight is 275 g/mol. The molecule has 0 fully saturated rings. The lowest BCUT2D eigenvalue weighted by Gasteiger charge is -2.11. The SMILES string of the molecule is CCCCOc1ccc(C(N)c2csc(C)c2)cc1. The van der Waals surface area contributed by atoms with Crippen molar-refractivity contribution in [1.29, 1.82) is 0 Å². The van der Waals surface area contributed by atoms with Gasteiger partial charge in [-0.15, -0.1) is 11.3 Å². The van der Waals surface area contributed by atoms with Gasteiger partial charge in [0.25, 0.3) is 0 Å². The molecule has 0 spiro atoms. The number of hydrogen-bond acceptors (Lipinski definition) is 3. The van der Waals surface area contributed by atoms with Crippen LogP contribution in [0.3, 0.4) is 0 Å². The lowest BCUT2D eigenvalue weighted by Crippen LogP contribution is -2.10. The third-order valence-corrected chi connectivity index (χ3v) is 4.00. The van der Waals surface area contributed by atoms with Crippen molar-refractivity contribution in [3.8, 4) is 5.75 Å². The summed E-state index contributed by atoms with van der Waals surface area (Å²) in [4.78, 5) is 1.30. The molecule has 2 nitrogen and oxygen atoms in total. The summed E-state index contributed by atoms with van der Waals surface area (Å²) in [5.74, 6) is 0.922. The molecule has 3 heteroatoms. The van der Waals surface area contributed by atoms with Gasteiger partial charge in [0, 0.05) is 4.88 Å². The molecule has 0 aliphatic heterocycles. The summed E-state index contributed by atoms with van der Waals surface area (Å²) in [6.45, 7) is 5.05. The normalized spacial score (nSPS) is 12.4. The second kappa shape index (κ2) is 6.73. The Labute approximate surface area is 119 Å². The van der Waals surface area contributed by atoms with Gasteiger partial charge in [-0.1, -0.05) is 25.5 Å². The number of aryl methyl sites for hydroxylation is 1. The maximum atomic E-state index is 6.27. The molecule has 102 valence electrons. The van der Waals surface area contributed by atoms with Gasteiger partial charge in [-0.25, -0.2) is 0 Å². The molecule has 2 N–H and O–H groups in total. The van der Waals surface area contributed by atoms with E-state index in [4.69, 9.17) is 10.5 Å². The highest BCUT2D eigenvalue weighted by Gasteiger charge is 2.10. The molecule has 0 saturated carbocycles. The maximum Gasteiger partial charge on any atom is 0.119 e. The minimum absolute atomic E-state index is 0.0466. The summed E-state index contributed by atoms with van der Waals surface area (Å²) < 4.78 is 5.65. The monoisotopic (exact) mass is 275 g/mol. The fourth-order valence-electron chi connectivity index (χ4n) is 1.93. The number of rotatable bonds is 6. The minimum Gasteiger partial charge on any atom is -0.494 e. The van der Waals surface area contributed by atoms with E-state index in [1.165, 1.54) is 10.4 Å². The Morgan fingerprint density at radius 1 is 1.21 bits per heavy atom. The second-order valence-corrected chi connectivity index (χ2v) is 5.85. The van der Waals surface area contributed by atoms with Crippen LogP contribution in [0.1, 0.15) is 41.8 Å². The van der Waals surface area contributed by atoms with Gasteiger partial charge < -0.3 is 10.5 Å². The van der Waals surface area contributed by atoms with Crippen LogP contribution >= 0.6 is 11.3 Å². The summed E-state index contributed by atoms with van der Waals surface area (Å²) in [6, 6.07) is 10.2. The van der Waals surface area contributed by atoms with Gasteiger partial charge in [-0.3, -0.25) is 0 Å². The Balaban J connectivity index is 2.01. The maximum absolute atomic E-state index is 6.27. The fourth-order valence-corrected chi connectivity index (χ4v) is 2.67. The summed E-state index contributed by atoms with van der Waals surface area (Å²) in [7, 11) is 0. The molecule has 0 aliphatic rings. The van der Waals surface area contributed by atoms with Crippen LogP contribution in [0.5, 0.6) is 5.75 Å². The smallest absolute Gasteiger partial charge is 0.119 e. The first kappa shape index (κ1) is 14.1. The summed E-state index contributed by atoms with van der Waals surface area (Å²) in [5, 5.41) is 2.13. The lowest BCUT2D eigenvalue weighted by atomic mass is 10.0. The number of hydrogen-bond donors (Lipinski definition) is 1. The number of nitrogens with two attached hydrogens (primary N) is 1. The van der Waals surface area contributed by atoms with E-state index in [1.807, 2.05) is 12.1 Å². The van der Waals surface area contributed by atoms with E-state index in [1.54, 1.807) is 11.3 Å². The molecular weight excluding hydrogens is 254 g/mol. The Kier molecular flexibility index (Phi) is 5.00. The van der Waals surface area contributed by atoms with Crippen LogP contribution in [0.15, 0.2) is 35.7 Å². The first-order valence-corrected chi connectivity index (χ1v) is 7.62. The molecule has 1 unspecified atom stereocenters. The molecule has 0 aliphatic carbocycles. The first-order valence-electron chi connectivity index (χ1n) is 6.74. The predicted molar refractivity (Wildman–Crippen MR) is 81.9 cm³/mol. The predicted octanol–water partition coefficient (Wildman–Crippen LogP) is 4.28. The van der Waals surface area contributed by atoms with Crippen molar-refractivity contribution in [3.63, 3.8) is 0 Å². The molecule has 19 heavy (non-hydrogen) atoms. The van der Waals surface area contributed by atoms with Crippen LogP contribution in [-0.4, -0.2) is 6.61 Å². The molecular formula is C16H21NOS. The second-order valence-electron chi connectivity index (χ2n) is 4.74. The van der Waals surface area contributed by atoms with Gasteiger partial charge >= 0.3 is 0 Å². The average Bonchev–Trinajstić information content (AvgIpc) is 2.86. The molecule has 1 atom stereocenters. The third kappa shape index (κ3) is 3.82. The van der Waals surface area contributed by atoms with Crippen LogP contribution in [-0.2, 0) is 0 Å². The van der Waals surface area contributed by atoms with Crippen LogP contribution in [0.25, 0.3) is 0 Å². The highest BCUT2D eigenvalue weighted by molar-refractivity contribution is 7.10. The van der Waals surface area contributed by atoms with Crippen LogP contribution in [0, 0.1) is 6.92 Å². The zero-order valence-corrected chi connectivity index (χ0v) is 12.4. The minimum atomic E-state index is -0.0466. The number of thiophene rings is 1. The van der Waals surface area contributed by atoms with Crippen molar-refractivity contribution in [1.82, 2.24) is 0 Å². The molecule has 2 aromatic rings. The number of unbranched alkanes of at least 4 members (excludes halogenated alkanes) is 1. The van der Waals surface area contributed by atoms with E-state index < -0.39 is 0 Å². The van der Waals surface area contributed by atoms with Gasteiger partial charge in [-0.05, 0) is 48.1 Å². The molecule has 2 rings (SSSR count). The van der Waals surface area contributed by atoms with Gasteiger partial charge in [0.1, 0.15) is 5.75 Å². The van der Waals surface area contributed by atoms with Gasteiger partial charge in [0.2, 0.25) is 0 Å². The standard InChI is InChI=1S/C16H21NOS/c1-3-4-9-18-15-7-5-13(6-8-15)16(17)14-10-12(2)19-11-14/h5-8,10-11,16H,3-4,9,17H2,1-2H3. The van der Waals surface area contributed by atoms with Crippen molar-refractivity contribution in [2.45, 2.75) is 32.7 Å². The highest BCUT2D eigenvalue weighted by Crippen LogP contribution is 2.25. The number of benzene rings is 1. The largest absolute Gasteiger partial charge is 0.494 e. The zero-order valence-electron chi connectivity index (χ0n) is 11.6. The van der Waals surface area contributed by atoms with Crippen LogP contribution in [0.4, 0.5) is 0 Å². The summed E-state index contributed by atoms with van der Waals surface area (Å²) in [5.41, 5.74) is 8.58. The molecule has 0 radical (unpaired) electrons. The first-order chi connectivity index (χ1) is 9.20. The van der Waals surface area contributed by atoms with Crippen LogP contribution in [0.2, 0.25) is 0 Å².